The predicted molar refractivity (Wildman–Crippen MR) is 66.3 cm³/mol. The third-order valence-corrected chi connectivity index (χ3v) is 2.55. The Morgan fingerprint density at radius 2 is 1.94 bits per heavy atom. The maximum atomic E-state index is 13.7. The molecule has 2 aromatic rings. The molecule has 0 atom stereocenters. The highest BCUT2D eigenvalue weighted by atomic mass is 19.1. The van der Waals surface area contributed by atoms with Crippen LogP contribution in [0.25, 0.3) is 11.3 Å². The summed E-state index contributed by atoms with van der Waals surface area (Å²) in [6, 6.07) is 4.91. The number of rotatable bonds is 3. The van der Waals surface area contributed by atoms with E-state index in [4.69, 9.17) is 0 Å². The van der Waals surface area contributed by atoms with Crippen LogP contribution in [0.3, 0.4) is 0 Å². The number of halogens is 2. The zero-order valence-electron chi connectivity index (χ0n) is 10.2. The summed E-state index contributed by atoms with van der Waals surface area (Å²) in [7, 11) is 1.72. The van der Waals surface area contributed by atoms with E-state index < -0.39 is 11.6 Å². The van der Waals surface area contributed by atoms with Gasteiger partial charge in [-0.3, -0.25) is 0 Å². The van der Waals surface area contributed by atoms with Crippen LogP contribution in [0.5, 0.6) is 0 Å². The number of hydrogen-bond acceptors (Lipinski definition) is 3. The Kier molecular flexibility index (Phi) is 3.50. The number of anilines is 1. The molecule has 94 valence electrons. The van der Waals surface area contributed by atoms with Crippen LogP contribution in [0.4, 0.5) is 14.6 Å². The molecule has 0 saturated carbocycles. The molecule has 0 amide bonds. The normalized spacial score (nSPS) is 10.4. The maximum absolute atomic E-state index is 13.7. The smallest absolute Gasteiger partial charge is 0.132 e. The van der Waals surface area contributed by atoms with Gasteiger partial charge in [0.1, 0.15) is 23.3 Å². The topological polar surface area (TPSA) is 37.8 Å². The molecule has 0 fully saturated rings. The Bertz CT molecular complexity index is 548. The lowest BCUT2D eigenvalue weighted by molar-refractivity contribution is 0.602. The van der Waals surface area contributed by atoms with Gasteiger partial charge in [0.05, 0.1) is 5.69 Å². The molecule has 0 aliphatic carbocycles. The van der Waals surface area contributed by atoms with E-state index >= 15 is 0 Å². The number of aromatic nitrogens is 2. The molecule has 0 bridgehead atoms. The van der Waals surface area contributed by atoms with Crippen molar-refractivity contribution in [2.24, 2.45) is 0 Å². The summed E-state index contributed by atoms with van der Waals surface area (Å²) in [5.41, 5.74) is 0.520. The van der Waals surface area contributed by atoms with Gasteiger partial charge in [-0.25, -0.2) is 18.7 Å². The quantitative estimate of drug-likeness (QED) is 0.908. The third-order valence-electron chi connectivity index (χ3n) is 2.55. The van der Waals surface area contributed by atoms with Gasteiger partial charge in [0.2, 0.25) is 0 Å². The zero-order valence-corrected chi connectivity index (χ0v) is 10.2. The number of benzene rings is 1. The molecule has 3 nitrogen and oxygen atoms in total. The molecule has 5 heteroatoms. The second kappa shape index (κ2) is 5.08. The van der Waals surface area contributed by atoms with E-state index in [0.29, 0.717) is 23.8 Å². The van der Waals surface area contributed by atoms with E-state index in [9.17, 15) is 8.78 Å². The molecule has 1 N–H and O–H groups in total. The summed E-state index contributed by atoms with van der Waals surface area (Å²) in [4.78, 5) is 8.42. The standard InChI is InChI=1S/C13H13F2N3/c1-3-12-17-11(7-13(16-2)18-12)9-6-8(14)4-5-10(9)15/h4-7H,3H2,1-2H3,(H,16,17,18). The summed E-state index contributed by atoms with van der Waals surface area (Å²) in [6.45, 7) is 1.90. The molecule has 1 aromatic heterocycles. The Morgan fingerprint density at radius 1 is 1.17 bits per heavy atom. The number of aryl methyl sites for hydroxylation is 1. The number of nitrogens with one attached hydrogen (secondary N) is 1. The fraction of sp³-hybridized carbons (Fsp3) is 0.231. The van der Waals surface area contributed by atoms with E-state index in [2.05, 4.69) is 15.3 Å². The first kappa shape index (κ1) is 12.4. The van der Waals surface area contributed by atoms with Crippen molar-refractivity contribution in [2.75, 3.05) is 12.4 Å². The van der Waals surface area contributed by atoms with Crippen molar-refractivity contribution in [1.29, 1.82) is 0 Å². The minimum absolute atomic E-state index is 0.142. The first-order valence-electron chi connectivity index (χ1n) is 5.65. The second-order valence-corrected chi connectivity index (χ2v) is 3.78. The molecule has 0 spiro atoms. The van der Waals surface area contributed by atoms with Gasteiger partial charge in [-0.2, -0.15) is 0 Å². The second-order valence-electron chi connectivity index (χ2n) is 3.78. The van der Waals surface area contributed by atoms with Crippen molar-refractivity contribution >= 4 is 5.82 Å². The van der Waals surface area contributed by atoms with E-state index in [-0.39, 0.29) is 5.56 Å². The molecule has 1 heterocycles. The number of hydrogen-bond donors (Lipinski definition) is 1. The van der Waals surface area contributed by atoms with Gasteiger partial charge >= 0.3 is 0 Å². The van der Waals surface area contributed by atoms with Gasteiger partial charge in [0, 0.05) is 25.1 Å². The average molecular weight is 249 g/mol. The maximum Gasteiger partial charge on any atom is 0.132 e. The lowest BCUT2D eigenvalue weighted by atomic mass is 10.1. The Morgan fingerprint density at radius 3 is 2.61 bits per heavy atom. The lowest BCUT2D eigenvalue weighted by Gasteiger charge is -2.07. The van der Waals surface area contributed by atoms with Crippen molar-refractivity contribution in [3.05, 3.63) is 41.7 Å². The molecule has 18 heavy (non-hydrogen) atoms. The van der Waals surface area contributed by atoms with Crippen molar-refractivity contribution in [3.63, 3.8) is 0 Å². The molecule has 2 rings (SSSR count). The molecule has 0 saturated heterocycles. The first-order valence-corrected chi connectivity index (χ1v) is 5.65. The van der Waals surface area contributed by atoms with Gasteiger partial charge in [-0.1, -0.05) is 6.92 Å². The Hall–Kier alpha value is -2.04. The monoisotopic (exact) mass is 249 g/mol. The predicted octanol–water partition coefficient (Wildman–Crippen LogP) is 3.03. The third kappa shape index (κ3) is 2.45. The summed E-state index contributed by atoms with van der Waals surface area (Å²) >= 11 is 0. The van der Waals surface area contributed by atoms with Gasteiger partial charge < -0.3 is 5.32 Å². The van der Waals surface area contributed by atoms with Crippen molar-refractivity contribution in [1.82, 2.24) is 9.97 Å². The van der Waals surface area contributed by atoms with Crippen LogP contribution < -0.4 is 5.32 Å². The van der Waals surface area contributed by atoms with Gasteiger partial charge in [-0.15, -0.1) is 0 Å². The minimum Gasteiger partial charge on any atom is -0.373 e. The van der Waals surface area contributed by atoms with Crippen LogP contribution >= 0.6 is 0 Å². The van der Waals surface area contributed by atoms with Crippen LogP contribution in [0.2, 0.25) is 0 Å². The highest BCUT2D eigenvalue weighted by Crippen LogP contribution is 2.23. The van der Waals surface area contributed by atoms with Crippen LogP contribution in [-0.4, -0.2) is 17.0 Å². The average Bonchev–Trinajstić information content (AvgIpc) is 2.40. The Balaban J connectivity index is 2.58. The highest BCUT2D eigenvalue weighted by Gasteiger charge is 2.10. The van der Waals surface area contributed by atoms with E-state index in [1.54, 1.807) is 13.1 Å². The summed E-state index contributed by atoms with van der Waals surface area (Å²) in [6.07, 6.45) is 0.624. The van der Waals surface area contributed by atoms with Gasteiger partial charge in [0.15, 0.2) is 0 Å². The molecule has 0 unspecified atom stereocenters. The molecular weight excluding hydrogens is 236 g/mol. The number of nitrogens with zero attached hydrogens (tertiary/aromatic N) is 2. The Labute approximate surface area is 104 Å². The fourth-order valence-corrected chi connectivity index (χ4v) is 1.62. The van der Waals surface area contributed by atoms with Gasteiger partial charge in [0.25, 0.3) is 0 Å². The molecule has 0 aliphatic rings. The summed E-state index contributed by atoms with van der Waals surface area (Å²) in [5, 5.41) is 2.88. The summed E-state index contributed by atoms with van der Waals surface area (Å²) < 4.78 is 26.9. The first-order chi connectivity index (χ1) is 8.63. The minimum atomic E-state index is -0.501. The molecule has 0 radical (unpaired) electrons. The van der Waals surface area contributed by atoms with E-state index in [0.717, 1.165) is 18.2 Å². The molecule has 1 aromatic carbocycles. The molecular formula is C13H13F2N3. The highest BCUT2D eigenvalue weighted by molar-refractivity contribution is 5.63. The van der Waals surface area contributed by atoms with Gasteiger partial charge in [-0.05, 0) is 18.2 Å². The fourth-order valence-electron chi connectivity index (χ4n) is 1.62. The SMILES string of the molecule is CCc1nc(NC)cc(-c2cc(F)ccc2F)n1. The van der Waals surface area contributed by atoms with Crippen molar-refractivity contribution < 1.29 is 8.78 Å². The zero-order chi connectivity index (χ0) is 13.1. The van der Waals surface area contributed by atoms with Crippen LogP contribution in [-0.2, 0) is 6.42 Å². The van der Waals surface area contributed by atoms with Crippen LogP contribution in [0.1, 0.15) is 12.7 Å². The summed E-state index contributed by atoms with van der Waals surface area (Å²) in [5.74, 6) is 0.175. The molecule has 0 aliphatic heterocycles. The van der Waals surface area contributed by atoms with Crippen molar-refractivity contribution in [3.8, 4) is 11.3 Å². The van der Waals surface area contributed by atoms with E-state index in [1.165, 1.54) is 0 Å². The van der Waals surface area contributed by atoms with Crippen LogP contribution in [0.15, 0.2) is 24.3 Å². The lowest BCUT2D eigenvalue weighted by Crippen LogP contribution is -2.01. The van der Waals surface area contributed by atoms with Crippen LogP contribution in [0, 0.1) is 11.6 Å². The van der Waals surface area contributed by atoms with Crippen molar-refractivity contribution in [2.45, 2.75) is 13.3 Å². The largest absolute Gasteiger partial charge is 0.373 e. The van der Waals surface area contributed by atoms with E-state index in [1.807, 2.05) is 6.92 Å².